The van der Waals surface area contributed by atoms with Crippen molar-refractivity contribution in [3.8, 4) is 6.07 Å². The lowest BCUT2D eigenvalue weighted by atomic mass is 10.1. The Morgan fingerprint density at radius 3 is 2.90 bits per heavy atom. The molecular weight excluding hydrogens is 254 g/mol. The zero-order valence-corrected chi connectivity index (χ0v) is 11.9. The molecule has 20 heavy (non-hydrogen) atoms. The molecule has 3 rings (SSSR count). The summed E-state index contributed by atoms with van der Waals surface area (Å²) in [5.41, 5.74) is 1.54. The summed E-state index contributed by atoms with van der Waals surface area (Å²) >= 11 is 0. The number of carbonyl (C=O) groups is 1. The number of aromatic nitrogens is 1. The second-order valence-corrected chi connectivity index (χ2v) is 6.41. The van der Waals surface area contributed by atoms with Crippen molar-refractivity contribution in [3.05, 3.63) is 23.5 Å². The maximum atomic E-state index is 12.3. The van der Waals surface area contributed by atoms with Crippen molar-refractivity contribution in [2.75, 3.05) is 11.4 Å². The van der Waals surface area contributed by atoms with Gasteiger partial charge in [0, 0.05) is 12.5 Å². The minimum Gasteiger partial charge on any atom is -0.443 e. The molecule has 1 amide bonds. The second kappa shape index (κ2) is 4.20. The highest BCUT2D eigenvalue weighted by Gasteiger charge is 2.48. The van der Waals surface area contributed by atoms with Crippen molar-refractivity contribution in [2.45, 2.75) is 38.7 Å². The maximum absolute atomic E-state index is 12.3. The second-order valence-electron chi connectivity index (χ2n) is 6.41. The van der Waals surface area contributed by atoms with Gasteiger partial charge in [-0.3, -0.25) is 4.90 Å². The van der Waals surface area contributed by atoms with Gasteiger partial charge >= 0.3 is 6.09 Å². The molecule has 0 spiro atoms. The summed E-state index contributed by atoms with van der Waals surface area (Å²) in [5.74, 6) is 0.855. The van der Waals surface area contributed by atoms with E-state index in [1.807, 2.05) is 20.8 Å². The van der Waals surface area contributed by atoms with E-state index in [4.69, 9.17) is 10.00 Å². The summed E-state index contributed by atoms with van der Waals surface area (Å²) in [6.07, 6.45) is 0.698. The third-order valence-electron chi connectivity index (χ3n) is 3.61. The van der Waals surface area contributed by atoms with Crippen LogP contribution >= 0.6 is 0 Å². The van der Waals surface area contributed by atoms with Crippen LogP contribution in [0.3, 0.4) is 0 Å². The standard InChI is InChI=1S/C15H17N3O2/c1-15(2,3)20-14(19)18-8-9-6-11(9)13-12(18)5-4-10(7-16)17-13/h4-5,9,11H,6,8H2,1-3H3. The van der Waals surface area contributed by atoms with Crippen LogP contribution in [0.2, 0.25) is 0 Å². The van der Waals surface area contributed by atoms with Gasteiger partial charge in [0.05, 0.1) is 11.4 Å². The van der Waals surface area contributed by atoms with Crippen LogP contribution in [0, 0.1) is 17.2 Å². The fraction of sp³-hybridized carbons (Fsp3) is 0.533. The molecule has 1 aliphatic carbocycles. The highest BCUT2D eigenvalue weighted by molar-refractivity contribution is 5.90. The molecule has 104 valence electrons. The van der Waals surface area contributed by atoms with Gasteiger partial charge in [0.2, 0.25) is 0 Å². The van der Waals surface area contributed by atoms with Gasteiger partial charge in [-0.25, -0.2) is 9.78 Å². The number of anilines is 1. The van der Waals surface area contributed by atoms with Gasteiger partial charge in [0.15, 0.2) is 0 Å². The van der Waals surface area contributed by atoms with E-state index in [0.717, 1.165) is 17.8 Å². The quantitative estimate of drug-likeness (QED) is 0.727. The van der Waals surface area contributed by atoms with Crippen molar-refractivity contribution in [2.24, 2.45) is 5.92 Å². The van der Waals surface area contributed by atoms with E-state index in [1.54, 1.807) is 17.0 Å². The molecule has 2 aliphatic rings. The molecule has 1 aliphatic heterocycles. The van der Waals surface area contributed by atoms with Crippen LogP contribution in [0.1, 0.15) is 44.5 Å². The van der Waals surface area contributed by atoms with E-state index < -0.39 is 5.60 Å². The highest BCUT2D eigenvalue weighted by atomic mass is 16.6. The van der Waals surface area contributed by atoms with Crippen LogP contribution in [0.25, 0.3) is 0 Å². The van der Waals surface area contributed by atoms with Crippen LogP contribution in [-0.2, 0) is 4.74 Å². The number of hydrogen-bond acceptors (Lipinski definition) is 4. The Hall–Kier alpha value is -2.09. The fourth-order valence-electron chi connectivity index (χ4n) is 2.64. The van der Waals surface area contributed by atoms with Gasteiger partial charge in [0.1, 0.15) is 17.4 Å². The number of nitrogens with zero attached hydrogens (tertiary/aromatic N) is 3. The monoisotopic (exact) mass is 271 g/mol. The zero-order chi connectivity index (χ0) is 14.5. The van der Waals surface area contributed by atoms with Gasteiger partial charge in [-0.05, 0) is 45.2 Å². The summed E-state index contributed by atoms with van der Waals surface area (Å²) < 4.78 is 5.45. The van der Waals surface area contributed by atoms with Gasteiger partial charge in [-0.1, -0.05) is 0 Å². The first kappa shape index (κ1) is 12.9. The molecule has 0 bridgehead atoms. The molecule has 1 fully saturated rings. The Morgan fingerprint density at radius 2 is 2.25 bits per heavy atom. The molecule has 5 heteroatoms. The Bertz CT molecular complexity index is 613. The van der Waals surface area contributed by atoms with Gasteiger partial charge in [0.25, 0.3) is 0 Å². The van der Waals surface area contributed by atoms with E-state index in [9.17, 15) is 4.79 Å². The normalized spacial score (nSPS) is 23.4. The maximum Gasteiger partial charge on any atom is 0.414 e. The predicted octanol–water partition coefficient (Wildman–Crippen LogP) is 2.81. The first-order valence-corrected chi connectivity index (χ1v) is 6.80. The van der Waals surface area contributed by atoms with Crippen LogP contribution in [0.4, 0.5) is 10.5 Å². The van der Waals surface area contributed by atoms with Gasteiger partial charge in [-0.15, -0.1) is 0 Å². The average Bonchev–Trinajstić information content (AvgIpc) is 3.14. The largest absolute Gasteiger partial charge is 0.443 e. The van der Waals surface area contributed by atoms with E-state index in [0.29, 0.717) is 24.1 Å². The number of nitriles is 1. The number of hydrogen-bond donors (Lipinski definition) is 0. The summed E-state index contributed by atoms with van der Waals surface area (Å²) in [6.45, 7) is 6.24. The Morgan fingerprint density at radius 1 is 1.50 bits per heavy atom. The van der Waals surface area contributed by atoms with Crippen LogP contribution in [-0.4, -0.2) is 23.2 Å². The molecule has 2 unspecified atom stereocenters. The number of pyridine rings is 1. The number of carbonyl (C=O) groups excluding carboxylic acids is 1. The molecule has 0 saturated heterocycles. The molecule has 1 aromatic rings. The topological polar surface area (TPSA) is 66.2 Å². The number of rotatable bonds is 0. The lowest BCUT2D eigenvalue weighted by Gasteiger charge is -2.30. The van der Waals surface area contributed by atoms with Crippen molar-refractivity contribution in [1.29, 1.82) is 5.26 Å². The van der Waals surface area contributed by atoms with Crippen molar-refractivity contribution < 1.29 is 9.53 Å². The summed E-state index contributed by atoms with van der Waals surface area (Å²) in [4.78, 5) is 18.3. The van der Waals surface area contributed by atoms with Crippen molar-refractivity contribution in [3.63, 3.8) is 0 Å². The van der Waals surface area contributed by atoms with E-state index in [1.165, 1.54) is 0 Å². The van der Waals surface area contributed by atoms with Crippen molar-refractivity contribution >= 4 is 11.8 Å². The summed E-state index contributed by atoms with van der Waals surface area (Å²) in [6, 6.07) is 5.51. The van der Waals surface area contributed by atoms with E-state index in [-0.39, 0.29) is 6.09 Å². The van der Waals surface area contributed by atoms with Crippen LogP contribution < -0.4 is 4.90 Å². The lowest BCUT2D eigenvalue weighted by molar-refractivity contribution is 0.0576. The number of amides is 1. The molecule has 0 N–H and O–H groups in total. The highest BCUT2D eigenvalue weighted by Crippen LogP contribution is 2.53. The smallest absolute Gasteiger partial charge is 0.414 e. The molecule has 0 radical (unpaired) electrons. The van der Waals surface area contributed by atoms with Crippen LogP contribution in [0.15, 0.2) is 12.1 Å². The summed E-state index contributed by atoms with van der Waals surface area (Å²) in [5, 5.41) is 8.95. The zero-order valence-electron chi connectivity index (χ0n) is 11.9. The molecule has 2 atom stereocenters. The molecule has 1 aromatic heterocycles. The predicted molar refractivity (Wildman–Crippen MR) is 73.4 cm³/mol. The third-order valence-corrected chi connectivity index (χ3v) is 3.61. The Labute approximate surface area is 118 Å². The number of ether oxygens (including phenoxy) is 1. The molecule has 0 aromatic carbocycles. The Kier molecular flexibility index (Phi) is 2.72. The molecule has 2 heterocycles. The Balaban J connectivity index is 1.93. The first-order chi connectivity index (χ1) is 9.39. The number of fused-ring (bicyclic) bond motifs is 3. The SMILES string of the molecule is CC(C)(C)OC(=O)N1CC2CC2c2nc(C#N)ccc21. The molecular formula is C15H17N3O2. The first-order valence-electron chi connectivity index (χ1n) is 6.80. The van der Waals surface area contributed by atoms with Crippen molar-refractivity contribution in [1.82, 2.24) is 4.98 Å². The third kappa shape index (κ3) is 2.22. The lowest BCUT2D eigenvalue weighted by Crippen LogP contribution is -2.40. The average molecular weight is 271 g/mol. The van der Waals surface area contributed by atoms with E-state index in [2.05, 4.69) is 11.1 Å². The van der Waals surface area contributed by atoms with E-state index >= 15 is 0 Å². The minimum atomic E-state index is -0.516. The van der Waals surface area contributed by atoms with Crippen LogP contribution in [0.5, 0.6) is 0 Å². The summed E-state index contributed by atoms with van der Waals surface area (Å²) in [7, 11) is 0. The van der Waals surface area contributed by atoms with Gasteiger partial charge in [-0.2, -0.15) is 5.26 Å². The molecule has 1 saturated carbocycles. The molecule has 5 nitrogen and oxygen atoms in total. The fourth-order valence-corrected chi connectivity index (χ4v) is 2.64. The minimum absolute atomic E-state index is 0.337. The van der Waals surface area contributed by atoms with Gasteiger partial charge < -0.3 is 4.74 Å².